The van der Waals surface area contributed by atoms with Gasteiger partial charge in [-0.1, -0.05) is 61.7 Å². The third kappa shape index (κ3) is 8.28. The van der Waals surface area contributed by atoms with E-state index in [1.165, 1.54) is 0 Å². The van der Waals surface area contributed by atoms with Crippen LogP contribution in [0.25, 0.3) is 11.1 Å². The lowest BCUT2D eigenvalue weighted by Crippen LogP contribution is -2.33. The molecule has 0 heterocycles. The van der Waals surface area contributed by atoms with Gasteiger partial charge in [0, 0.05) is 11.1 Å². The van der Waals surface area contributed by atoms with Crippen molar-refractivity contribution in [1.29, 1.82) is 0 Å². The maximum atomic E-state index is 13.5. The van der Waals surface area contributed by atoms with Crippen molar-refractivity contribution in [1.82, 2.24) is 0 Å². The summed E-state index contributed by atoms with van der Waals surface area (Å²) in [6.07, 6.45) is 0. The second-order valence-corrected chi connectivity index (χ2v) is 13.7. The average Bonchev–Trinajstić information content (AvgIpc) is 3.53. The minimum Gasteiger partial charge on any atom is -0.489 e. The predicted octanol–water partition coefficient (Wildman–Crippen LogP) is 10.2. The Bertz CT molecular complexity index is 2040. The third-order valence-electron chi connectivity index (χ3n) is 9.66. The molecule has 61 heavy (non-hydrogen) atoms. The van der Waals surface area contributed by atoms with Gasteiger partial charge >= 0.3 is 11.9 Å². The van der Waals surface area contributed by atoms with E-state index in [4.69, 9.17) is 47.4 Å². The molecule has 1 aliphatic rings. The van der Waals surface area contributed by atoms with Crippen molar-refractivity contribution in [3.63, 3.8) is 0 Å². The van der Waals surface area contributed by atoms with Gasteiger partial charge in [-0.05, 0) is 91.5 Å². The van der Waals surface area contributed by atoms with E-state index in [1.807, 2.05) is 104 Å². The average molecular weight is 839 g/mol. The molecule has 5 rings (SSSR count). The zero-order chi connectivity index (χ0) is 44.4. The highest BCUT2D eigenvalue weighted by Gasteiger charge is 2.56. The second kappa shape index (κ2) is 20.3. The van der Waals surface area contributed by atoms with Crippen LogP contribution in [0.15, 0.2) is 72.8 Å². The third-order valence-corrected chi connectivity index (χ3v) is 9.66. The molecule has 12 nitrogen and oxygen atoms in total. The standard InChI is InChI=1S/C49H58O12/c1-13-52-37-35(38(53-14-2)42(57-18-6)45(41(37)56-17-5)60-47(50)29(9)10)49(33-27-23-21-25-31(33)32-26-22-24-28-34(32)49)36-39(54-15-3)43(58-19-7)46(61-48(51)30(11)12)44(59-20-8)40(36)55-16-4/h21-28H,9,11,13-20H2,1-8,10,12H3. The SMILES string of the molecule is C=C(C)C(=O)Oc1c(OCC)c(OCC)c(C2(c3c(OCC)c(OCC)c(OC(=O)C(=C)C)c(OCC)c3OCC)c3ccccc3-c3ccccc32)c(OCC)c1OCC. The fourth-order valence-electron chi connectivity index (χ4n) is 7.63. The molecule has 0 saturated carbocycles. The Labute approximate surface area is 359 Å². The van der Waals surface area contributed by atoms with Crippen LogP contribution < -0.4 is 47.4 Å². The smallest absolute Gasteiger partial charge is 0.338 e. The van der Waals surface area contributed by atoms with Gasteiger partial charge in [-0.25, -0.2) is 9.59 Å². The lowest BCUT2D eigenvalue weighted by Gasteiger charge is -2.39. The Morgan fingerprint density at radius 2 is 0.656 bits per heavy atom. The van der Waals surface area contributed by atoms with Crippen LogP contribution in [0.3, 0.4) is 0 Å². The van der Waals surface area contributed by atoms with Crippen molar-refractivity contribution in [3.8, 4) is 68.6 Å². The molecule has 0 unspecified atom stereocenters. The summed E-state index contributed by atoms with van der Waals surface area (Å²) in [5, 5.41) is 0. The number of rotatable bonds is 22. The van der Waals surface area contributed by atoms with Crippen molar-refractivity contribution >= 4 is 11.9 Å². The summed E-state index contributed by atoms with van der Waals surface area (Å²) >= 11 is 0. The fraction of sp³-hybridized carbons (Fsp3) is 0.388. The largest absolute Gasteiger partial charge is 0.489 e. The lowest BCUT2D eigenvalue weighted by atomic mass is 9.65. The summed E-state index contributed by atoms with van der Waals surface area (Å²) in [7, 11) is 0. The van der Waals surface area contributed by atoms with E-state index in [0.29, 0.717) is 11.1 Å². The minimum atomic E-state index is -1.53. The van der Waals surface area contributed by atoms with Crippen LogP contribution in [0.5, 0.6) is 57.5 Å². The molecule has 0 amide bonds. The summed E-state index contributed by atoms with van der Waals surface area (Å²) in [5.74, 6) is -0.293. The highest BCUT2D eigenvalue weighted by molar-refractivity contribution is 5.95. The number of carbonyl (C=O) groups excluding carboxylic acids is 2. The molecule has 0 aliphatic heterocycles. The molecular weight excluding hydrogens is 781 g/mol. The summed E-state index contributed by atoms with van der Waals surface area (Å²) in [4.78, 5) is 27.0. The van der Waals surface area contributed by atoms with E-state index in [1.54, 1.807) is 13.8 Å². The highest BCUT2D eigenvalue weighted by Crippen LogP contribution is 2.70. The van der Waals surface area contributed by atoms with Gasteiger partial charge in [0.05, 0.1) is 69.4 Å². The Balaban J connectivity index is 2.28. The van der Waals surface area contributed by atoms with Crippen molar-refractivity contribution in [2.45, 2.75) is 74.7 Å². The number of ether oxygens (including phenoxy) is 10. The molecule has 0 saturated heterocycles. The summed E-state index contributed by atoms with van der Waals surface area (Å²) < 4.78 is 65.3. The lowest BCUT2D eigenvalue weighted by molar-refractivity contribution is -0.131. The number of hydrogen-bond donors (Lipinski definition) is 0. The monoisotopic (exact) mass is 838 g/mol. The molecule has 0 aromatic heterocycles. The zero-order valence-corrected chi connectivity index (χ0v) is 37.1. The first-order valence-electron chi connectivity index (χ1n) is 20.9. The maximum Gasteiger partial charge on any atom is 0.338 e. The normalized spacial score (nSPS) is 12.0. The quantitative estimate of drug-likeness (QED) is 0.0374. The van der Waals surface area contributed by atoms with Crippen LogP contribution in [-0.4, -0.2) is 64.8 Å². The molecule has 326 valence electrons. The Morgan fingerprint density at radius 3 is 0.902 bits per heavy atom. The topological polar surface area (TPSA) is 126 Å². The van der Waals surface area contributed by atoms with Crippen molar-refractivity contribution in [3.05, 3.63) is 95.1 Å². The Morgan fingerprint density at radius 1 is 0.410 bits per heavy atom. The molecule has 0 bridgehead atoms. The van der Waals surface area contributed by atoms with Gasteiger partial charge in [0.25, 0.3) is 0 Å². The van der Waals surface area contributed by atoms with Gasteiger partial charge in [0.1, 0.15) is 0 Å². The first-order chi connectivity index (χ1) is 29.5. The molecule has 4 aromatic carbocycles. The van der Waals surface area contributed by atoms with Gasteiger partial charge in [-0.3, -0.25) is 0 Å². The van der Waals surface area contributed by atoms with E-state index < -0.39 is 17.4 Å². The number of benzene rings is 4. The fourth-order valence-corrected chi connectivity index (χ4v) is 7.63. The minimum absolute atomic E-state index is 0.0378. The second-order valence-electron chi connectivity index (χ2n) is 13.7. The molecule has 0 radical (unpaired) electrons. The first kappa shape index (κ1) is 45.8. The number of hydrogen-bond acceptors (Lipinski definition) is 12. The molecule has 0 fully saturated rings. The molecule has 0 atom stereocenters. The molecule has 0 N–H and O–H groups in total. The van der Waals surface area contributed by atoms with E-state index in [0.717, 1.165) is 22.3 Å². The van der Waals surface area contributed by atoms with Crippen LogP contribution in [0.2, 0.25) is 0 Å². The van der Waals surface area contributed by atoms with Crippen LogP contribution in [0, 0.1) is 0 Å². The van der Waals surface area contributed by atoms with Gasteiger partial charge in [-0.2, -0.15) is 0 Å². The summed E-state index contributed by atoms with van der Waals surface area (Å²) in [5.41, 5.74) is 2.94. The molecular formula is C49H58O12. The molecule has 1 aliphatic carbocycles. The summed E-state index contributed by atoms with van der Waals surface area (Å²) in [6, 6.07) is 16.0. The highest BCUT2D eigenvalue weighted by atomic mass is 16.6. The van der Waals surface area contributed by atoms with Crippen LogP contribution in [-0.2, 0) is 15.0 Å². The van der Waals surface area contributed by atoms with E-state index in [2.05, 4.69) is 13.2 Å². The van der Waals surface area contributed by atoms with Crippen LogP contribution >= 0.6 is 0 Å². The molecule has 0 spiro atoms. The Kier molecular flexibility index (Phi) is 15.2. The van der Waals surface area contributed by atoms with Gasteiger partial charge in [0.15, 0.2) is 23.0 Å². The van der Waals surface area contributed by atoms with Crippen LogP contribution in [0.1, 0.15) is 91.5 Å². The van der Waals surface area contributed by atoms with E-state index in [9.17, 15) is 9.59 Å². The Hall–Kier alpha value is -6.30. The van der Waals surface area contributed by atoms with Gasteiger partial charge in [-0.15, -0.1) is 0 Å². The predicted molar refractivity (Wildman–Crippen MR) is 234 cm³/mol. The van der Waals surface area contributed by atoms with E-state index >= 15 is 0 Å². The van der Waals surface area contributed by atoms with Crippen molar-refractivity contribution in [2.75, 3.05) is 52.9 Å². The number of carbonyl (C=O) groups is 2. The first-order valence-corrected chi connectivity index (χ1v) is 20.9. The van der Waals surface area contributed by atoms with Crippen LogP contribution in [0.4, 0.5) is 0 Å². The van der Waals surface area contributed by atoms with Crippen molar-refractivity contribution in [2.24, 2.45) is 0 Å². The zero-order valence-electron chi connectivity index (χ0n) is 37.1. The van der Waals surface area contributed by atoms with Gasteiger partial charge in [0.2, 0.25) is 34.5 Å². The molecule has 4 aromatic rings. The molecule has 12 heteroatoms. The summed E-state index contributed by atoms with van der Waals surface area (Å²) in [6.45, 7) is 26.7. The van der Waals surface area contributed by atoms with Crippen molar-refractivity contribution < 1.29 is 57.0 Å². The number of fused-ring (bicyclic) bond motifs is 3. The maximum absolute atomic E-state index is 13.5. The van der Waals surface area contributed by atoms with E-state index in [-0.39, 0.29) is 121 Å². The van der Waals surface area contributed by atoms with Gasteiger partial charge < -0.3 is 47.4 Å². The number of esters is 2.